The molecule has 182 valence electrons. The van der Waals surface area contributed by atoms with E-state index in [9.17, 15) is 8.42 Å². The number of sulfone groups is 1. The summed E-state index contributed by atoms with van der Waals surface area (Å²) in [4.78, 5) is 18.2. The lowest BCUT2D eigenvalue weighted by atomic mass is 10.2. The van der Waals surface area contributed by atoms with Gasteiger partial charge in [-0.05, 0) is 31.2 Å². The monoisotopic (exact) mass is 490 g/mol. The van der Waals surface area contributed by atoms with Crippen molar-refractivity contribution in [2.45, 2.75) is 18.7 Å². The van der Waals surface area contributed by atoms with Crippen molar-refractivity contribution in [1.29, 1.82) is 0 Å². The molecule has 10 nitrogen and oxygen atoms in total. The third-order valence-corrected chi connectivity index (χ3v) is 5.79. The van der Waals surface area contributed by atoms with E-state index in [1.54, 1.807) is 19.2 Å². The summed E-state index contributed by atoms with van der Waals surface area (Å²) in [5.74, 6) is 0.369. The quantitative estimate of drug-likeness (QED) is 0.427. The highest BCUT2D eigenvalue weighted by atomic mass is 32.2. The van der Waals surface area contributed by atoms with Crippen molar-refractivity contribution in [2.75, 3.05) is 13.4 Å². The second-order valence-corrected chi connectivity index (χ2v) is 9.41. The first-order chi connectivity index (χ1) is 15.8. The summed E-state index contributed by atoms with van der Waals surface area (Å²) in [5, 5.41) is 17.3. The Bertz CT molecular complexity index is 1450. The first-order valence-corrected chi connectivity index (χ1v) is 11.8. The Morgan fingerprint density at radius 1 is 1.12 bits per heavy atom. The Labute approximate surface area is 196 Å². The number of aromatic nitrogens is 2. The fraction of sp³-hybridized carbons (Fsp3) is 0.261. The Kier molecular flexibility index (Phi) is 8.06. The van der Waals surface area contributed by atoms with Gasteiger partial charge in [0.2, 0.25) is 5.76 Å². The van der Waals surface area contributed by atoms with Gasteiger partial charge in [0.1, 0.15) is 11.3 Å². The zero-order chi connectivity index (χ0) is 25.8. The van der Waals surface area contributed by atoms with Crippen LogP contribution < -0.4 is 14.4 Å². The van der Waals surface area contributed by atoms with E-state index < -0.39 is 21.8 Å². The van der Waals surface area contributed by atoms with Crippen molar-refractivity contribution in [1.82, 2.24) is 4.57 Å². The maximum atomic E-state index is 11.9. The molecular formula is C23H26N2O8S. The molecule has 0 saturated heterocycles. The zero-order valence-corrected chi connectivity index (χ0v) is 20.5. The molecule has 0 aliphatic heterocycles. The number of imidazole rings is 1. The standard InChI is InChI=1S/C19H19N2O4S.2C2H4O2/c1-20-15-8-7-14(26(4,22)23)11-16(15)21(2)19(20)18-9-12-5-6-13(24-3)10-17(12)25-18;2*1-2(3)4/h5-11H,1-4H3;2*1H3,(H,3,4)/q+1;;/p-1. The van der Waals surface area contributed by atoms with Crippen molar-refractivity contribution < 1.29 is 41.9 Å². The number of aliphatic carboxylic acids is 2. The highest BCUT2D eigenvalue weighted by Gasteiger charge is 2.26. The summed E-state index contributed by atoms with van der Waals surface area (Å²) >= 11 is 0. The Balaban J connectivity index is 0.000000446. The van der Waals surface area contributed by atoms with Crippen LogP contribution in [-0.2, 0) is 33.5 Å². The van der Waals surface area contributed by atoms with Crippen molar-refractivity contribution in [3.05, 3.63) is 42.5 Å². The van der Waals surface area contributed by atoms with Gasteiger partial charge in [-0.25, -0.2) is 17.6 Å². The summed E-state index contributed by atoms with van der Waals surface area (Å²) in [6, 6.07) is 12.8. The molecule has 0 fully saturated rings. The second kappa shape index (κ2) is 10.4. The molecule has 4 aromatic rings. The number of methoxy groups -OCH3 is 1. The number of benzene rings is 2. The van der Waals surface area contributed by atoms with E-state index >= 15 is 0 Å². The van der Waals surface area contributed by atoms with Gasteiger partial charge in [0.15, 0.2) is 20.9 Å². The fourth-order valence-corrected chi connectivity index (χ4v) is 3.96. The molecule has 0 aliphatic rings. The normalized spacial score (nSPS) is 10.8. The molecule has 0 atom stereocenters. The van der Waals surface area contributed by atoms with Crippen molar-refractivity contribution >= 4 is 43.8 Å². The summed E-state index contributed by atoms with van der Waals surface area (Å²) in [5.41, 5.74) is 2.48. The molecule has 2 aromatic carbocycles. The van der Waals surface area contributed by atoms with E-state index in [0.717, 1.165) is 47.4 Å². The van der Waals surface area contributed by atoms with Crippen LogP contribution in [0.15, 0.2) is 51.8 Å². The molecular weight excluding hydrogens is 464 g/mol. The van der Waals surface area contributed by atoms with Gasteiger partial charge in [-0.2, -0.15) is 0 Å². The van der Waals surface area contributed by atoms with Crippen LogP contribution in [0.5, 0.6) is 5.75 Å². The first-order valence-electron chi connectivity index (χ1n) is 9.89. The average Bonchev–Trinajstić information content (AvgIpc) is 3.24. The molecule has 0 saturated carbocycles. The number of hydrogen-bond acceptors (Lipinski definition) is 7. The number of fused-ring (bicyclic) bond motifs is 2. The van der Waals surface area contributed by atoms with Gasteiger partial charge in [-0.15, -0.1) is 0 Å². The van der Waals surface area contributed by atoms with Gasteiger partial charge in [-0.1, -0.05) is 0 Å². The highest BCUT2D eigenvalue weighted by Crippen LogP contribution is 2.30. The van der Waals surface area contributed by atoms with E-state index in [1.165, 1.54) is 6.26 Å². The van der Waals surface area contributed by atoms with Crippen LogP contribution in [0, 0.1) is 0 Å². The number of hydrogen-bond donors (Lipinski definition) is 1. The lowest BCUT2D eigenvalue weighted by Crippen LogP contribution is -2.29. The largest absolute Gasteiger partial charge is 0.550 e. The van der Waals surface area contributed by atoms with Crippen LogP contribution in [0.3, 0.4) is 0 Å². The van der Waals surface area contributed by atoms with Gasteiger partial charge in [0, 0.05) is 42.7 Å². The smallest absolute Gasteiger partial charge is 0.325 e. The Hall–Kier alpha value is -3.86. The van der Waals surface area contributed by atoms with E-state index in [0.29, 0.717) is 10.7 Å². The predicted molar refractivity (Wildman–Crippen MR) is 123 cm³/mol. The molecule has 0 bridgehead atoms. The maximum Gasteiger partial charge on any atom is 0.325 e. The molecule has 0 amide bonds. The van der Waals surface area contributed by atoms with Crippen molar-refractivity contribution in [3.8, 4) is 17.3 Å². The number of furan rings is 1. The molecule has 0 spiro atoms. The lowest BCUT2D eigenvalue weighted by Gasteiger charge is -1.97. The lowest BCUT2D eigenvalue weighted by molar-refractivity contribution is -0.634. The van der Waals surface area contributed by atoms with Crippen molar-refractivity contribution in [3.63, 3.8) is 0 Å². The third kappa shape index (κ3) is 6.13. The number of ether oxygens (including phenoxy) is 1. The number of carbonyl (C=O) groups excluding carboxylic acids is 1. The van der Waals surface area contributed by atoms with Crippen LogP contribution in [0.4, 0.5) is 0 Å². The number of carboxylic acid groups (broad SMARTS) is 2. The molecule has 0 unspecified atom stereocenters. The average molecular weight is 491 g/mol. The number of carbonyl (C=O) groups is 2. The zero-order valence-electron chi connectivity index (χ0n) is 19.6. The van der Waals surface area contributed by atoms with Crippen LogP contribution in [-0.4, -0.2) is 43.4 Å². The first kappa shape index (κ1) is 26.4. The minimum Gasteiger partial charge on any atom is -0.550 e. The molecule has 1 N–H and O–H groups in total. The molecule has 34 heavy (non-hydrogen) atoms. The van der Waals surface area contributed by atoms with Gasteiger partial charge in [-0.3, -0.25) is 4.79 Å². The summed E-state index contributed by atoms with van der Waals surface area (Å²) in [6.45, 7) is 2.06. The van der Waals surface area contributed by atoms with E-state index in [1.807, 2.05) is 53.6 Å². The predicted octanol–water partition coefficient (Wildman–Crippen LogP) is 1.68. The van der Waals surface area contributed by atoms with Crippen LogP contribution in [0.25, 0.3) is 33.6 Å². The van der Waals surface area contributed by atoms with Gasteiger partial charge in [0.05, 0.1) is 26.1 Å². The van der Waals surface area contributed by atoms with E-state index in [2.05, 4.69) is 0 Å². The van der Waals surface area contributed by atoms with E-state index in [4.69, 9.17) is 29.0 Å². The molecule has 0 aliphatic carbocycles. The van der Waals surface area contributed by atoms with Crippen LogP contribution >= 0.6 is 0 Å². The third-order valence-electron chi connectivity index (χ3n) is 4.68. The summed E-state index contributed by atoms with van der Waals surface area (Å²) in [7, 11) is 2.19. The van der Waals surface area contributed by atoms with E-state index in [-0.39, 0.29) is 0 Å². The number of rotatable bonds is 3. The number of nitrogens with zero attached hydrogens (tertiary/aromatic N) is 2. The van der Waals surface area contributed by atoms with Crippen LogP contribution in [0.1, 0.15) is 13.8 Å². The molecule has 11 heteroatoms. The fourth-order valence-electron chi connectivity index (χ4n) is 3.32. The van der Waals surface area contributed by atoms with Gasteiger partial charge >= 0.3 is 5.82 Å². The maximum absolute atomic E-state index is 11.9. The van der Waals surface area contributed by atoms with Gasteiger partial charge in [0.25, 0.3) is 5.97 Å². The van der Waals surface area contributed by atoms with Gasteiger partial charge < -0.3 is 24.2 Å². The molecule has 2 aromatic heterocycles. The second-order valence-electron chi connectivity index (χ2n) is 7.39. The summed E-state index contributed by atoms with van der Waals surface area (Å²) < 4.78 is 39.0. The SMILES string of the molecule is CC(=O)O.CC(=O)[O-].COc1ccc2cc(-c3n(C)c4cc(S(C)(=O)=O)ccc4[n+]3C)oc2c1. The number of carboxylic acids is 2. The Morgan fingerprint density at radius 3 is 2.24 bits per heavy atom. The van der Waals surface area contributed by atoms with Crippen molar-refractivity contribution in [2.24, 2.45) is 14.1 Å². The summed E-state index contributed by atoms with van der Waals surface area (Å²) in [6.07, 6.45) is 1.21. The minimum absolute atomic E-state index is 0.298. The van der Waals surface area contributed by atoms with Crippen LogP contribution in [0.2, 0.25) is 0 Å². The Morgan fingerprint density at radius 2 is 1.71 bits per heavy atom. The highest BCUT2D eigenvalue weighted by molar-refractivity contribution is 7.90. The molecule has 2 heterocycles. The minimum atomic E-state index is -3.27. The molecule has 0 radical (unpaired) electrons. The number of aryl methyl sites for hydroxylation is 2. The topological polar surface area (TPSA) is 143 Å². The molecule has 4 rings (SSSR count).